The zero-order valence-corrected chi connectivity index (χ0v) is 17.5. The maximum absolute atomic E-state index is 13.0. The average molecular weight is 416 g/mol. The van der Waals surface area contributed by atoms with Gasteiger partial charge in [-0.1, -0.05) is 18.7 Å². The molecular formula is C21H25N3O4S. The molecule has 1 aromatic carbocycles. The summed E-state index contributed by atoms with van der Waals surface area (Å²) in [5.74, 6) is 0.552. The summed E-state index contributed by atoms with van der Waals surface area (Å²) in [4.78, 5) is 19.2. The molecule has 1 aliphatic rings. The Kier molecular flexibility index (Phi) is 6.34. The third kappa shape index (κ3) is 5.21. The van der Waals surface area contributed by atoms with E-state index in [0.29, 0.717) is 37.4 Å². The summed E-state index contributed by atoms with van der Waals surface area (Å²) in [5.41, 5.74) is 4.26. The molecule has 0 unspecified atom stereocenters. The number of pyridine rings is 1. The molecule has 0 saturated carbocycles. The summed E-state index contributed by atoms with van der Waals surface area (Å²) in [6.45, 7) is 7.07. The van der Waals surface area contributed by atoms with Crippen molar-refractivity contribution >= 4 is 15.9 Å². The van der Waals surface area contributed by atoms with Crippen LogP contribution in [0.3, 0.4) is 0 Å². The Labute approximate surface area is 171 Å². The fraction of sp³-hybridized carbons (Fsp3) is 0.333. The number of nitrogens with one attached hydrogen (secondary N) is 1. The number of ether oxygens (including phenoxy) is 1. The van der Waals surface area contributed by atoms with Gasteiger partial charge in [0, 0.05) is 37.1 Å². The van der Waals surface area contributed by atoms with Crippen molar-refractivity contribution in [1.82, 2.24) is 14.6 Å². The summed E-state index contributed by atoms with van der Waals surface area (Å²) in [6, 6.07) is 7.10. The van der Waals surface area contributed by atoms with E-state index in [-0.39, 0.29) is 12.5 Å². The lowest BCUT2D eigenvalue weighted by molar-refractivity contribution is 0.0733. The van der Waals surface area contributed by atoms with E-state index in [1.807, 2.05) is 6.92 Å². The van der Waals surface area contributed by atoms with Crippen LogP contribution in [-0.4, -0.2) is 43.6 Å². The second kappa shape index (κ2) is 8.75. The number of amides is 1. The van der Waals surface area contributed by atoms with Crippen LogP contribution in [-0.2, 0) is 29.5 Å². The van der Waals surface area contributed by atoms with E-state index < -0.39 is 10.0 Å². The minimum absolute atomic E-state index is 0.0731. The van der Waals surface area contributed by atoms with Crippen LogP contribution in [0.15, 0.2) is 43.1 Å². The predicted octanol–water partition coefficient (Wildman–Crippen LogP) is 2.20. The van der Waals surface area contributed by atoms with Crippen LogP contribution in [0.25, 0.3) is 0 Å². The monoisotopic (exact) mass is 415 g/mol. The van der Waals surface area contributed by atoms with Gasteiger partial charge in [0.1, 0.15) is 12.4 Å². The Morgan fingerprint density at radius 3 is 2.93 bits per heavy atom. The highest BCUT2D eigenvalue weighted by Crippen LogP contribution is 2.25. The number of carbonyl (C=O) groups excluding carboxylic acids is 1. The largest absolute Gasteiger partial charge is 0.490 e. The van der Waals surface area contributed by atoms with E-state index in [0.717, 1.165) is 28.6 Å². The standard InChI is InChI=1S/C21H25N3O4S/c1-4-10-28-18-7-5-6-16(11-18)21(25)24-9-8-19-17(14-24)12-22-15(2)20(19)13-23-29(3,26)27/h4-7,11-12,23H,1,8-10,13-14H2,2-3H3. The van der Waals surface area contributed by atoms with E-state index in [2.05, 4.69) is 16.3 Å². The average Bonchev–Trinajstić information content (AvgIpc) is 2.70. The zero-order valence-electron chi connectivity index (χ0n) is 16.6. The van der Waals surface area contributed by atoms with Crippen LogP contribution >= 0.6 is 0 Å². The Morgan fingerprint density at radius 1 is 1.41 bits per heavy atom. The maximum atomic E-state index is 13.0. The second-order valence-electron chi connectivity index (χ2n) is 7.02. The molecule has 0 fully saturated rings. The Hall–Kier alpha value is -2.71. The van der Waals surface area contributed by atoms with Gasteiger partial charge in [0.25, 0.3) is 5.91 Å². The zero-order chi connectivity index (χ0) is 21.0. The molecule has 0 saturated heterocycles. The first-order chi connectivity index (χ1) is 13.8. The molecule has 1 amide bonds. The molecule has 1 N–H and O–H groups in total. The number of aromatic nitrogens is 1. The molecule has 7 nitrogen and oxygen atoms in total. The quantitative estimate of drug-likeness (QED) is 0.701. The smallest absolute Gasteiger partial charge is 0.254 e. The minimum atomic E-state index is -3.30. The van der Waals surface area contributed by atoms with Crippen LogP contribution in [0.2, 0.25) is 0 Å². The van der Waals surface area contributed by atoms with Crippen molar-refractivity contribution in [2.45, 2.75) is 26.4 Å². The Morgan fingerprint density at radius 2 is 2.21 bits per heavy atom. The van der Waals surface area contributed by atoms with Gasteiger partial charge in [0.2, 0.25) is 10.0 Å². The van der Waals surface area contributed by atoms with E-state index in [1.165, 1.54) is 0 Å². The van der Waals surface area contributed by atoms with Gasteiger partial charge < -0.3 is 9.64 Å². The second-order valence-corrected chi connectivity index (χ2v) is 8.86. The van der Waals surface area contributed by atoms with Gasteiger partial charge >= 0.3 is 0 Å². The molecule has 0 spiro atoms. The third-order valence-corrected chi connectivity index (χ3v) is 5.51. The molecule has 0 radical (unpaired) electrons. The molecule has 3 rings (SSSR count). The fourth-order valence-corrected chi connectivity index (χ4v) is 3.80. The molecule has 0 aliphatic carbocycles. The summed E-state index contributed by atoms with van der Waals surface area (Å²) in [6.07, 6.45) is 5.22. The normalized spacial score (nSPS) is 13.7. The molecule has 1 aromatic heterocycles. The van der Waals surface area contributed by atoms with Gasteiger partial charge in [-0.3, -0.25) is 9.78 Å². The van der Waals surface area contributed by atoms with Crippen LogP contribution in [0.5, 0.6) is 5.75 Å². The lowest BCUT2D eigenvalue weighted by Crippen LogP contribution is -2.37. The van der Waals surface area contributed by atoms with E-state index in [4.69, 9.17) is 4.74 Å². The van der Waals surface area contributed by atoms with Crippen LogP contribution in [0.1, 0.15) is 32.7 Å². The minimum Gasteiger partial charge on any atom is -0.490 e. The van der Waals surface area contributed by atoms with Gasteiger partial charge in [-0.2, -0.15) is 0 Å². The number of aryl methyl sites for hydroxylation is 1. The number of nitrogens with zero attached hydrogens (tertiary/aromatic N) is 2. The summed E-state index contributed by atoms with van der Waals surface area (Å²) >= 11 is 0. The number of hydrogen-bond donors (Lipinski definition) is 1. The summed E-state index contributed by atoms with van der Waals surface area (Å²) in [5, 5.41) is 0. The number of carbonyl (C=O) groups is 1. The van der Waals surface area contributed by atoms with Crippen LogP contribution in [0, 0.1) is 6.92 Å². The highest BCUT2D eigenvalue weighted by atomic mass is 32.2. The van der Waals surface area contributed by atoms with Crippen molar-refractivity contribution in [2.24, 2.45) is 0 Å². The lowest BCUT2D eigenvalue weighted by atomic mass is 9.94. The molecule has 1 aliphatic heterocycles. The Bertz CT molecular complexity index is 1030. The molecule has 2 heterocycles. The predicted molar refractivity (Wildman–Crippen MR) is 111 cm³/mol. The first-order valence-electron chi connectivity index (χ1n) is 9.32. The molecule has 2 aromatic rings. The third-order valence-electron chi connectivity index (χ3n) is 4.84. The number of rotatable bonds is 7. The maximum Gasteiger partial charge on any atom is 0.254 e. The molecular weight excluding hydrogens is 390 g/mol. The summed E-state index contributed by atoms with van der Waals surface area (Å²) < 4.78 is 31.0. The number of fused-ring (bicyclic) bond motifs is 1. The lowest BCUT2D eigenvalue weighted by Gasteiger charge is -2.30. The molecule has 0 atom stereocenters. The van der Waals surface area contributed by atoms with Gasteiger partial charge in [0.15, 0.2) is 0 Å². The molecule has 154 valence electrons. The van der Waals surface area contributed by atoms with Crippen LogP contribution in [0.4, 0.5) is 0 Å². The van der Waals surface area contributed by atoms with Gasteiger partial charge in [-0.15, -0.1) is 0 Å². The van der Waals surface area contributed by atoms with Crippen molar-refractivity contribution in [3.05, 3.63) is 71.1 Å². The SMILES string of the molecule is C=CCOc1cccc(C(=O)N2CCc3c(cnc(C)c3CNS(C)(=O)=O)C2)c1. The summed E-state index contributed by atoms with van der Waals surface area (Å²) in [7, 11) is -3.30. The van der Waals surface area contributed by atoms with E-state index in [1.54, 1.807) is 41.4 Å². The van der Waals surface area contributed by atoms with Gasteiger partial charge in [0.05, 0.1) is 6.26 Å². The molecule has 8 heteroatoms. The number of hydrogen-bond acceptors (Lipinski definition) is 5. The first kappa shape index (κ1) is 21.0. The first-order valence-corrected chi connectivity index (χ1v) is 11.2. The molecule has 0 bridgehead atoms. The fourth-order valence-electron chi connectivity index (χ4n) is 3.39. The van der Waals surface area contributed by atoms with Crippen molar-refractivity contribution in [2.75, 3.05) is 19.4 Å². The van der Waals surface area contributed by atoms with Crippen molar-refractivity contribution in [3.8, 4) is 5.75 Å². The van der Waals surface area contributed by atoms with Crippen molar-refractivity contribution in [3.63, 3.8) is 0 Å². The topological polar surface area (TPSA) is 88.6 Å². The van der Waals surface area contributed by atoms with E-state index >= 15 is 0 Å². The van der Waals surface area contributed by atoms with Gasteiger partial charge in [-0.05, 0) is 48.2 Å². The highest BCUT2D eigenvalue weighted by molar-refractivity contribution is 7.88. The van der Waals surface area contributed by atoms with Crippen molar-refractivity contribution in [1.29, 1.82) is 0 Å². The van der Waals surface area contributed by atoms with E-state index in [9.17, 15) is 13.2 Å². The Balaban J connectivity index is 1.79. The highest BCUT2D eigenvalue weighted by Gasteiger charge is 2.25. The number of benzene rings is 1. The van der Waals surface area contributed by atoms with Crippen molar-refractivity contribution < 1.29 is 17.9 Å². The van der Waals surface area contributed by atoms with Gasteiger partial charge in [-0.25, -0.2) is 13.1 Å². The van der Waals surface area contributed by atoms with Crippen LogP contribution < -0.4 is 9.46 Å². The molecule has 29 heavy (non-hydrogen) atoms. The number of sulfonamides is 1.